The summed E-state index contributed by atoms with van der Waals surface area (Å²) in [6, 6.07) is 0. The number of amides is 1. The van der Waals surface area contributed by atoms with Crippen LogP contribution in [-0.2, 0) is 4.79 Å². The Morgan fingerprint density at radius 1 is 1.53 bits per heavy atom. The predicted octanol–water partition coefficient (Wildman–Crippen LogP) is 0.189. The van der Waals surface area contributed by atoms with Crippen molar-refractivity contribution in [2.45, 2.75) is 25.9 Å². The zero-order chi connectivity index (χ0) is 10.8. The molecule has 4 heteroatoms. The van der Waals surface area contributed by atoms with E-state index in [1.54, 1.807) is 6.92 Å². The predicted molar refractivity (Wildman–Crippen MR) is 57.2 cm³/mol. The molecule has 2 heterocycles. The second-order valence-electron chi connectivity index (χ2n) is 4.30. The number of aliphatic hydroxyl groups is 1. The van der Waals surface area contributed by atoms with Crippen molar-refractivity contribution in [1.29, 1.82) is 0 Å². The van der Waals surface area contributed by atoms with Crippen LogP contribution < -0.4 is 0 Å². The Morgan fingerprint density at radius 2 is 2.33 bits per heavy atom. The second-order valence-corrected chi connectivity index (χ2v) is 4.30. The number of hydrogen-bond donors (Lipinski definition) is 1. The van der Waals surface area contributed by atoms with Gasteiger partial charge in [0.2, 0.25) is 5.91 Å². The van der Waals surface area contributed by atoms with Crippen LogP contribution in [0.5, 0.6) is 0 Å². The molecule has 84 valence electrons. The van der Waals surface area contributed by atoms with Gasteiger partial charge in [0, 0.05) is 45.2 Å². The number of carbonyl (C=O) groups is 1. The lowest BCUT2D eigenvalue weighted by atomic mass is 10.2. The topological polar surface area (TPSA) is 43.8 Å². The molecule has 0 aromatic heterocycles. The van der Waals surface area contributed by atoms with Gasteiger partial charge in [-0.2, -0.15) is 0 Å². The molecule has 1 atom stereocenters. The van der Waals surface area contributed by atoms with E-state index in [2.05, 4.69) is 11.0 Å². The summed E-state index contributed by atoms with van der Waals surface area (Å²) in [6.07, 6.45) is 3.74. The van der Waals surface area contributed by atoms with Gasteiger partial charge in [-0.15, -0.1) is 0 Å². The van der Waals surface area contributed by atoms with Gasteiger partial charge in [0.05, 0.1) is 6.10 Å². The molecule has 2 aliphatic rings. The first kappa shape index (κ1) is 10.5. The molecule has 1 amide bonds. The Balaban J connectivity index is 1.93. The zero-order valence-electron chi connectivity index (χ0n) is 9.15. The summed E-state index contributed by atoms with van der Waals surface area (Å²) in [5.74, 6) is 0.145. The van der Waals surface area contributed by atoms with E-state index < -0.39 is 0 Å². The normalized spacial score (nSPS) is 26.8. The quantitative estimate of drug-likeness (QED) is 0.672. The summed E-state index contributed by atoms with van der Waals surface area (Å²) >= 11 is 0. The summed E-state index contributed by atoms with van der Waals surface area (Å²) in [7, 11) is 0. The first-order valence-corrected chi connectivity index (χ1v) is 5.54. The average molecular weight is 210 g/mol. The molecule has 1 unspecified atom stereocenters. The van der Waals surface area contributed by atoms with E-state index in [0.29, 0.717) is 0 Å². The van der Waals surface area contributed by atoms with Crippen molar-refractivity contribution in [2.75, 3.05) is 26.2 Å². The van der Waals surface area contributed by atoms with E-state index in [-0.39, 0.29) is 12.0 Å². The molecule has 4 nitrogen and oxygen atoms in total. The van der Waals surface area contributed by atoms with Gasteiger partial charge in [-0.3, -0.25) is 4.79 Å². The minimum Gasteiger partial charge on any atom is -0.391 e. The number of carbonyl (C=O) groups excluding carboxylic acids is 1. The van der Waals surface area contributed by atoms with Crippen molar-refractivity contribution < 1.29 is 9.90 Å². The molecule has 2 rings (SSSR count). The highest BCUT2D eigenvalue weighted by Crippen LogP contribution is 2.20. The third-order valence-corrected chi connectivity index (χ3v) is 3.20. The van der Waals surface area contributed by atoms with Crippen LogP contribution >= 0.6 is 0 Å². The summed E-state index contributed by atoms with van der Waals surface area (Å²) < 4.78 is 0. The van der Waals surface area contributed by atoms with Crippen molar-refractivity contribution >= 4 is 5.91 Å². The Hall–Kier alpha value is -1.03. The molecular weight excluding hydrogens is 192 g/mol. The lowest BCUT2D eigenvalue weighted by molar-refractivity contribution is -0.128. The Kier molecular flexibility index (Phi) is 2.95. The summed E-state index contributed by atoms with van der Waals surface area (Å²) in [6.45, 7) is 4.85. The van der Waals surface area contributed by atoms with E-state index >= 15 is 0 Å². The van der Waals surface area contributed by atoms with Gasteiger partial charge in [0.1, 0.15) is 0 Å². The molecular formula is C11H18N2O2. The first-order valence-electron chi connectivity index (χ1n) is 5.54. The summed E-state index contributed by atoms with van der Waals surface area (Å²) in [4.78, 5) is 15.2. The fraction of sp³-hybridized carbons (Fsp3) is 0.727. The van der Waals surface area contributed by atoms with E-state index in [9.17, 15) is 9.90 Å². The number of likely N-dealkylation sites (tertiary alicyclic amines) is 1. The molecule has 15 heavy (non-hydrogen) atoms. The maximum Gasteiger partial charge on any atom is 0.219 e. The van der Waals surface area contributed by atoms with E-state index in [4.69, 9.17) is 0 Å². The van der Waals surface area contributed by atoms with Gasteiger partial charge in [0.25, 0.3) is 0 Å². The maximum absolute atomic E-state index is 11.1. The van der Waals surface area contributed by atoms with Gasteiger partial charge in [-0.05, 0) is 12.5 Å². The van der Waals surface area contributed by atoms with Gasteiger partial charge < -0.3 is 14.9 Å². The lowest BCUT2D eigenvalue weighted by Crippen LogP contribution is -2.36. The number of β-amino-alcohol motifs (C(OH)–C–C–N with tert-alkyl or cyclic N) is 1. The van der Waals surface area contributed by atoms with Crippen LogP contribution in [0.25, 0.3) is 0 Å². The van der Waals surface area contributed by atoms with Crippen molar-refractivity contribution in [3.63, 3.8) is 0 Å². The van der Waals surface area contributed by atoms with Crippen molar-refractivity contribution in [1.82, 2.24) is 9.80 Å². The summed E-state index contributed by atoms with van der Waals surface area (Å²) in [5, 5.41) is 9.44. The third kappa shape index (κ3) is 2.31. The zero-order valence-corrected chi connectivity index (χ0v) is 9.15. The van der Waals surface area contributed by atoms with Crippen LogP contribution in [0, 0.1) is 0 Å². The molecule has 1 fully saturated rings. The third-order valence-electron chi connectivity index (χ3n) is 3.20. The minimum atomic E-state index is -0.170. The molecule has 0 bridgehead atoms. The van der Waals surface area contributed by atoms with E-state index in [1.807, 2.05) is 4.90 Å². The van der Waals surface area contributed by atoms with Crippen LogP contribution in [0.3, 0.4) is 0 Å². The molecule has 0 aromatic carbocycles. The van der Waals surface area contributed by atoms with Crippen LogP contribution in [0.2, 0.25) is 0 Å². The summed E-state index contributed by atoms with van der Waals surface area (Å²) in [5.41, 5.74) is 1.30. The SMILES string of the molecule is CC(=O)N1CC=C(N2CCC(O)C2)CC1. The van der Waals surface area contributed by atoms with Crippen molar-refractivity contribution in [3.05, 3.63) is 11.8 Å². The standard InChI is InChI=1S/C11H18N2O2/c1-9(14)12-5-2-10(3-6-12)13-7-4-11(15)8-13/h2,11,15H,3-8H2,1H3. The van der Waals surface area contributed by atoms with Gasteiger partial charge in [0.15, 0.2) is 0 Å². The number of nitrogens with zero attached hydrogens (tertiary/aromatic N) is 2. The molecule has 0 spiro atoms. The second kappa shape index (κ2) is 4.23. The monoisotopic (exact) mass is 210 g/mol. The molecule has 1 N–H and O–H groups in total. The van der Waals surface area contributed by atoms with E-state index in [1.165, 1.54) is 5.70 Å². The number of aliphatic hydroxyl groups excluding tert-OH is 1. The smallest absolute Gasteiger partial charge is 0.219 e. The van der Waals surface area contributed by atoms with Crippen molar-refractivity contribution in [3.8, 4) is 0 Å². The van der Waals surface area contributed by atoms with Crippen molar-refractivity contribution in [2.24, 2.45) is 0 Å². The molecule has 1 saturated heterocycles. The highest BCUT2D eigenvalue weighted by molar-refractivity contribution is 5.73. The Bertz CT molecular complexity index is 288. The molecule has 2 aliphatic heterocycles. The Labute approximate surface area is 90.2 Å². The molecule has 0 aromatic rings. The van der Waals surface area contributed by atoms with Crippen LogP contribution in [0.15, 0.2) is 11.8 Å². The van der Waals surface area contributed by atoms with Crippen LogP contribution in [0.1, 0.15) is 19.8 Å². The average Bonchev–Trinajstić information content (AvgIpc) is 2.65. The van der Waals surface area contributed by atoms with E-state index in [0.717, 1.165) is 39.0 Å². The highest BCUT2D eigenvalue weighted by atomic mass is 16.3. The molecule has 0 radical (unpaired) electrons. The lowest BCUT2D eigenvalue weighted by Gasteiger charge is -2.30. The van der Waals surface area contributed by atoms with Gasteiger partial charge >= 0.3 is 0 Å². The molecule has 0 saturated carbocycles. The van der Waals surface area contributed by atoms with Crippen LogP contribution in [-0.4, -0.2) is 53.1 Å². The van der Waals surface area contributed by atoms with Gasteiger partial charge in [-0.25, -0.2) is 0 Å². The Morgan fingerprint density at radius 3 is 2.80 bits per heavy atom. The number of rotatable bonds is 1. The first-order chi connectivity index (χ1) is 7.16. The van der Waals surface area contributed by atoms with Crippen LogP contribution in [0.4, 0.5) is 0 Å². The fourth-order valence-corrected chi connectivity index (χ4v) is 2.23. The number of hydrogen-bond acceptors (Lipinski definition) is 3. The highest BCUT2D eigenvalue weighted by Gasteiger charge is 2.24. The van der Waals surface area contributed by atoms with Gasteiger partial charge in [-0.1, -0.05) is 0 Å². The fourth-order valence-electron chi connectivity index (χ4n) is 2.23. The minimum absolute atomic E-state index is 0.145. The molecule has 0 aliphatic carbocycles. The maximum atomic E-state index is 11.1. The largest absolute Gasteiger partial charge is 0.391 e.